The Hall–Kier alpha value is -0.900. The van der Waals surface area contributed by atoms with Crippen molar-refractivity contribution in [3.05, 3.63) is 0 Å². The van der Waals surface area contributed by atoms with E-state index in [1.807, 2.05) is 13.8 Å². The average molecular weight is 310 g/mol. The highest BCUT2D eigenvalue weighted by Gasteiger charge is 2.28. The van der Waals surface area contributed by atoms with Gasteiger partial charge in [0.2, 0.25) is 5.91 Å². The SMILES string of the molecule is CCCC1CNC(=O)C(C)(C)C=N1.CCCCC1CCCO1. The summed E-state index contributed by atoms with van der Waals surface area (Å²) < 4.78 is 5.46. The van der Waals surface area contributed by atoms with Crippen molar-refractivity contribution in [2.45, 2.75) is 84.8 Å². The highest BCUT2D eigenvalue weighted by atomic mass is 16.5. The van der Waals surface area contributed by atoms with Crippen LogP contribution in [0.3, 0.4) is 0 Å². The van der Waals surface area contributed by atoms with Gasteiger partial charge in [-0.25, -0.2) is 0 Å². The second-order valence-electron chi connectivity index (χ2n) is 6.93. The molecule has 0 aromatic rings. The number of ether oxygens (including phenoxy) is 1. The van der Waals surface area contributed by atoms with Gasteiger partial charge < -0.3 is 10.1 Å². The third-order valence-corrected chi connectivity index (χ3v) is 4.22. The van der Waals surface area contributed by atoms with Gasteiger partial charge in [0.1, 0.15) is 0 Å². The van der Waals surface area contributed by atoms with Crippen molar-refractivity contribution in [3.8, 4) is 0 Å². The molecule has 0 aliphatic carbocycles. The van der Waals surface area contributed by atoms with Crippen molar-refractivity contribution >= 4 is 12.1 Å². The Labute approximate surface area is 136 Å². The largest absolute Gasteiger partial charge is 0.378 e. The van der Waals surface area contributed by atoms with E-state index in [4.69, 9.17) is 4.74 Å². The van der Waals surface area contributed by atoms with E-state index < -0.39 is 5.41 Å². The summed E-state index contributed by atoms with van der Waals surface area (Å²) in [6, 6.07) is 0.274. The van der Waals surface area contributed by atoms with Gasteiger partial charge in [-0.3, -0.25) is 9.79 Å². The maximum absolute atomic E-state index is 11.5. The number of hydrogen-bond donors (Lipinski definition) is 1. The van der Waals surface area contributed by atoms with Crippen molar-refractivity contribution in [1.82, 2.24) is 5.32 Å². The molecule has 1 amide bonds. The molecule has 0 radical (unpaired) electrons. The van der Waals surface area contributed by atoms with Crippen LogP contribution in [0.2, 0.25) is 0 Å². The van der Waals surface area contributed by atoms with Gasteiger partial charge in [0.15, 0.2) is 0 Å². The highest BCUT2D eigenvalue weighted by molar-refractivity contribution is 5.98. The average Bonchev–Trinajstić information content (AvgIpc) is 2.97. The Morgan fingerprint density at radius 2 is 2.09 bits per heavy atom. The zero-order valence-electron chi connectivity index (χ0n) is 14.9. The molecule has 4 nitrogen and oxygen atoms in total. The van der Waals surface area contributed by atoms with Crippen LogP contribution in [-0.4, -0.2) is 37.4 Å². The first-order valence-electron chi connectivity index (χ1n) is 8.93. The number of carbonyl (C=O) groups is 1. The van der Waals surface area contributed by atoms with Crippen LogP contribution in [0.25, 0.3) is 0 Å². The summed E-state index contributed by atoms with van der Waals surface area (Å²) in [6.07, 6.45) is 11.1. The van der Waals surface area contributed by atoms with Crippen molar-refractivity contribution in [2.75, 3.05) is 13.2 Å². The number of carbonyl (C=O) groups excluding carboxylic acids is 1. The predicted molar refractivity (Wildman–Crippen MR) is 92.5 cm³/mol. The fourth-order valence-electron chi connectivity index (χ4n) is 2.66. The lowest BCUT2D eigenvalue weighted by Gasteiger charge is -2.15. The minimum atomic E-state index is -0.442. The fraction of sp³-hybridized carbons (Fsp3) is 0.889. The molecule has 2 unspecified atom stereocenters. The second kappa shape index (κ2) is 9.98. The van der Waals surface area contributed by atoms with E-state index in [1.54, 1.807) is 6.21 Å². The number of nitrogens with one attached hydrogen (secondary N) is 1. The number of amides is 1. The van der Waals surface area contributed by atoms with E-state index >= 15 is 0 Å². The molecule has 22 heavy (non-hydrogen) atoms. The molecule has 0 saturated carbocycles. The highest BCUT2D eigenvalue weighted by Crippen LogP contribution is 2.17. The molecule has 2 rings (SSSR count). The van der Waals surface area contributed by atoms with Crippen molar-refractivity contribution in [2.24, 2.45) is 10.4 Å². The molecular weight excluding hydrogens is 276 g/mol. The Balaban J connectivity index is 0.000000235. The van der Waals surface area contributed by atoms with Crippen molar-refractivity contribution < 1.29 is 9.53 Å². The van der Waals surface area contributed by atoms with E-state index in [-0.39, 0.29) is 11.9 Å². The normalized spacial score (nSPS) is 26.8. The lowest BCUT2D eigenvalue weighted by atomic mass is 9.94. The van der Waals surface area contributed by atoms with Crippen LogP contribution in [0, 0.1) is 5.41 Å². The van der Waals surface area contributed by atoms with Gasteiger partial charge in [0.05, 0.1) is 17.6 Å². The predicted octanol–water partition coefficient (Wildman–Crippen LogP) is 3.74. The van der Waals surface area contributed by atoms with Gasteiger partial charge in [0, 0.05) is 19.4 Å². The number of hydrogen-bond acceptors (Lipinski definition) is 3. The summed E-state index contributed by atoms with van der Waals surface area (Å²) >= 11 is 0. The molecule has 128 valence electrons. The Kier molecular flexibility index (Phi) is 8.69. The summed E-state index contributed by atoms with van der Waals surface area (Å²) in [5.74, 6) is 0.0786. The molecule has 2 aliphatic rings. The van der Waals surface area contributed by atoms with Gasteiger partial charge in [0.25, 0.3) is 0 Å². The van der Waals surface area contributed by atoms with E-state index in [0.29, 0.717) is 12.6 Å². The van der Waals surface area contributed by atoms with Crippen LogP contribution in [0.5, 0.6) is 0 Å². The molecule has 2 aliphatic heterocycles. The second-order valence-corrected chi connectivity index (χ2v) is 6.93. The zero-order valence-corrected chi connectivity index (χ0v) is 14.9. The fourth-order valence-corrected chi connectivity index (χ4v) is 2.66. The molecule has 0 aromatic heterocycles. The lowest BCUT2D eigenvalue weighted by Crippen LogP contribution is -2.38. The van der Waals surface area contributed by atoms with E-state index in [2.05, 4.69) is 24.2 Å². The van der Waals surface area contributed by atoms with Crippen molar-refractivity contribution in [3.63, 3.8) is 0 Å². The number of aliphatic imine (C=N–C) groups is 1. The van der Waals surface area contributed by atoms with Crippen LogP contribution in [0.4, 0.5) is 0 Å². The zero-order chi connectivity index (χ0) is 16.4. The van der Waals surface area contributed by atoms with Crippen LogP contribution in [0.1, 0.15) is 72.6 Å². The maximum atomic E-state index is 11.5. The van der Waals surface area contributed by atoms with Gasteiger partial charge in [-0.15, -0.1) is 0 Å². The minimum Gasteiger partial charge on any atom is -0.378 e. The van der Waals surface area contributed by atoms with Gasteiger partial charge >= 0.3 is 0 Å². The monoisotopic (exact) mass is 310 g/mol. The van der Waals surface area contributed by atoms with E-state index in [1.165, 1.54) is 32.1 Å². The first-order valence-corrected chi connectivity index (χ1v) is 8.93. The summed E-state index contributed by atoms with van der Waals surface area (Å²) in [5.41, 5.74) is -0.442. The third kappa shape index (κ3) is 6.91. The maximum Gasteiger partial charge on any atom is 0.231 e. The summed E-state index contributed by atoms with van der Waals surface area (Å²) in [7, 11) is 0. The molecular formula is C18H34N2O2. The number of rotatable bonds is 5. The molecule has 0 bridgehead atoms. The first kappa shape index (κ1) is 19.1. The quantitative estimate of drug-likeness (QED) is 0.841. The van der Waals surface area contributed by atoms with Crippen LogP contribution < -0.4 is 5.32 Å². The Morgan fingerprint density at radius 3 is 2.68 bits per heavy atom. The molecule has 1 N–H and O–H groups in total. The number of unbranched alkanes of at least 4 members (excludes halogenated alkanes) is 1. The third-order valence-electron chi connectivity index (χ3n) is 4.22. The van der Waals surface area contributed by atoms with Crippen LogP contribution in [0.15, 0.2) is 4.99 Å². The summed E-state index contributed by atoms with van der Waals surface area (Å²) in [6.45, 7) is 9.84. The molecule has 4 heteroatoms. The Bertz CT molecular complexity index is 347. The first-order chi connectivity index (χ1) is 10.5. The topological polar surface area (TPSA) is 50.7 Å². The van der Waals surface area contributed by atoms with E-state index in [0.717, 1.165) is 19.4 Å². The number of nitrogens with zero attached hydrogens (tertiary/aromatic N) is 1. The molecule has 0 spiro atoms. The molecule has 2 atom stereocenters. The van der Waals surface area contributed by atoms with Gasteiger partial charge in [-0.1, -0.05) is 33.1 Å². The van der Waals surface area contributed by atoms with Crippen LogP contribution in [-0.2, 0) is 9.53 Å². The molecule has 0 aromatic carbocycles. The minimum absolute atomic E-state index is 0.0786. The molecule has 2 heterocycles. The summed E-state index contributed by atoms with van der Waals surface area (Å²) in [4.78, 5) is 15.9. The molecule has 1 fully saturated rings. The van der Waals surface area contributed by atoms with Gasteiger partial charge in [-0.2, -0.15) is 0 Å². The lowest BCUT2D eigenvalue weighted by molar-refractivity contribution is -0.125. The van der Waals surface area contributed by atoms with E-state index in [9.17, 15) is 4.79 Å². The standard InChI is InChI=1S/C10H18N2O.C8H16O/c1-4-5-8-6-11-9(13)10(2,3)7-12-8;1-2-3-5-8-6-4-7-9-8/h7-8H,4-6H2,1-3H3,(H,11,13);8H,2-7H2,1H3. The Morgan fingerprint density at radius 1 is 1.32 bits per heavy atom. The smallest absolute Gasteiger partial charge is 0.231 e. The summed E-state index contributed by atoms with van der Waals surface area (Å²) in [5, 5.41) is 2.91. The molecule has 1 saturated heterocycles. The van der Waals surface area contributed by atoms with Crippen molar-refractivity contribution in [1.29, 1.82) is 0 Å². The van der Waals surface area contributed by atoms with Gasteiger partial charge in [-0.05, 0) is 39.5 Å². The van der Waals surface area contributed by atoms with Crippen LogP contribution >= 0.6 is 0 Å².